The van der Waals surface area contributed by atoms with Crippen LogP contribution in [0, 0.1) is 34.6 Å². The number of nitrogens with zero attached hydrogens (tertiary/aromatic N) is 8. The van der Waals surface area contributed by atoms with Gasteiger partial charge in [-0.3, -0.25) is 19.9 Å². The second-order valence-corrected chi connectivity index (χ2v) is 22.5. The van der Waals surface area contributed by atoms with Gasteiger partial charge in [0.05, 0.1) is 87.2 Å². The highest BCUT2D eigenvalue weighted by Crippen LogP contribution is 2.42. The van der Waals surface area contributed by atoms with Crippen molar-refractivity contribution in [2.75, 3.05) is 14.2 Å². The van der Waals surface area contributed by atoms with Crippen molar-refractivity contribution in [1.29, 1.82) is 0 Å². The number of fused-ring (bicyclic) bond motifs is 12. The number of hydrogen-bond donors (Lipinski definition) is 0. The van der Waals surface area contributed by atoms with Crippen LogP contribution in [0.1, 0.15) is 133 Å². The van der Waals surface area contributed by atoms with Gasteiger partial charge in [-0.1, -0.05) is 70.4 Å². The number of carbonyl (C=O) groups is 1. The summed E-state index contributed by atoms with van der Waals surface area (Å²) >= 11 is 0. The lowest BCUT2D eigenvalue weighted by molar-refractivity contribution is -0.106. The lowest BCUT2D eigenvalue weighted by atomic mass is 10.1. The van der Waals surface area contributed by atoms with Gasteiger partial charge in [-0.25, -0.2) is 0 Å². The zero-order valence-electron chi connectivity index (χ0n) is 50.7. The van der Waals surface area contributed by atoms with E-state index in [0.29, 0.717) is 0 Å². The fourth-order valence-corrected chi connectivity index (χ4v) is 12.9. The largest absolute Gasteiger partial charge is 0.497 e. The Kier molecular flexibility index (Phi) is 18.1. The second-order valence-electron chi connectivity index (χ2n) is 22.5. The molecule has 83 heavy (non-hydrogen) atoms. The van der Waals surface area contributed by atoms with Crippen molar-refractivity contribution < 1.29 is 19.0 Å². The standard InChI is InChI=1S/C40H50N4O.C29H28N4O2.C2H4O/c1-7-8-9-10-11-12-13-14-15-16-38(43-36-25-28(4)17-19-32(36)34-21-23-41-29(5)39(34)43)44-37-26-31(45-27(2)3)18-20-33(37)35-22-24-42-30(6)40(35)44;1-18-28-24(10-12-30-18)22-8-6-20(34-3)16-26(22)32(28)14-5-15-33-27-17-21(35-4)7-9-23(27)25-11-13-31-19(2)29(25)33;1-2-3/h17-27,38H,7-16H2,1-6H3;6-13,16-17H,5,14-15H2,1-4H3;2H,1H3. The van der Waals surface area contributed by atoms with E-state index in [-0.39, 0.29) is 12.3 Å². The van der Waals surface area contributed by atoms with Gasteiger partial charge in [0, 0.05) is 99.2 Å². The summed E-state index contributed by atoms with van der Waals surface area (Å²) < 4.78 is 27.3. The Labute approximate surface area is 488 Å². The molecule has 0 aliphatic heterocycles. The molecule has 8 aromatic heterocycles. The molecule has 0 fully saturated rings. The Morgan fingerprint density at radius 1 is 0.446 bits per heavy atom. The van der Waals surface area contributed by atoms with Gasteiger partial charge in [0.25, 0.3) is 0 Å². The molecular weight excluding hydrogens is 1030 g/mol. The summed E-state index contributed by atoms with van der Waals surface area (Å²) in [7, 11) is 3.43. The van der Waals surface area contributed by atoms with Gasteiger partial charge in [0.1, 0.15) is 29.7 Å². The number of benzene rings is 4. The first-order valence-corrected chi connectivity index (χ1v) is 30.1. The van der Waals surface area contributed by atoms with Crippen LogP contribution in [0.4, 0.5) is 0 Å². The van der Waals surface area contributed by atoms with Crippen LogP contribution in [0.5, 0.6) is 17.2 Å². The minimum atomic E-state index is 0.0523. The fraction of sp³-hybridized carbons (Fsp3) is 0.366. The molecule has 0 saturated carbocycles. The van der Waals surface area contributed by atoms with E-state index in [0.717, 1.165) is 78.7 Å². The van der Waals surface area contributed by atoms with E-state index < -0.39 is 0 Å². The Hall–Kier alpha value is -8.25. The Morgan fingerprint density at radius 3 is 1.27 bits per heavy atom. The average molecular weight is 1110 g/mol. The number of aldehydes is 1. The van der Waals surface area contributed by atoms with Crippen molar-refractivity contribution in [2.45, 2.75) is 158 Å². The van der Waals surface area contributed by atoms with Gasteiger partial charge in [-0.05, 0) is 147 Å². The molecule has 0 radical (unpaired) electrons. The van der Waals surface area contributed by atoms with Gasteiger partial charge >= 0.3 is 0 Å². The number of pyridine rings is 4. The molecule has 1 unspecified atom stereocenters. The summed E-state index contributed by atoms with van der Waals surface area (Å²) in [6.45, 7) is 20.3. The summed E-state index contributed by atoms with van der Waals surface area (Å²) in [4.78, 5) is 27.7. The normalized spacial score (nSPS) is 12.0. The first kappa shape index (κ1) is 58.0. The van der Waals surface area contributed by atoms with Crippen LogP contribution < -0.4 is 14.2 Å². The molecule has 0 aliphatic carbocycles. The van der Waals surface area contributed by atoms with E-state index in [1.807, 2.05) is 36.9 Å². The van der Waals surface area contributed by atoms with Crippen molar-refractivity contribution in [3.63, 3.8) is 0 Å². The molecule has 0 saturated heterocycles. The maximum Gasteiger partial charge on any atom is 0.121 e. The van der Waals surface area contributed by atoms with Crippen LogP contribution in [-0.2, 0) is 17.9 Å². The smallest absolute Gasteiger partial charge is 0.121 e. The van der Waals surface area contributed by atoms with E-state index >= 15 is 0 Å². The maximum absolute atomic E-state index is 8.81. The lowest BCUT2D eigenvalue weighted by Crippen LogP contribution is -2.19. The number of unbranched alkanes of at least 4 members (excludes halogenated alkanes) is 8. The zero-order chi connectivity index (χ0) is 58.3. The van der Waals surface area contributed by atoms with Crippen LogP contribution in [0.2, 0.25) is 0 Å². The topological polar surface area (TPSA) is 116 Å². The highest BCUT2D eigenvalue weighted by atomic mass is 16.5. The van der Waals surface area contributed by atoms with Gasteiger partial charge in [0.2, 0.25) is 0 Å². The van der Waals surface area contributed by atoms with Gasteiger partial charge in [0.15, 0.2) is 0 Å². The molecule has 12 nitrogen and oxygen atoms in total. The van der Waals surface area contributed by atoms with Crippen molar-refractivity contribution in [3.05, 3.63) is 150 Å². The minimum absolute atomic E-state index is 0.0523. The fourth-order valence-electron chi connectivity index (χ4n) is 12.9. The number of hydrogen-bond acceptors (Lipinski definition) is 8. The maximum atomic E-state index is 8.81. The molecule has 4 aromatic carbocycles. The van der Waals surface area contributed by atoms with Crippen LogP contribution in [-0.4, -0.2) is 64.8 Å². The van der Waals surface area contributed by atoms with Crippen LogP contribution in [0.15, 0.2) is 122 Å². The molecule has 8 heterocycles. The number of methoxy groups -OCH3 is 2. The summed E-state index contributed by atoms with van der Waals surface area (Å²) in [5, 5.41) is 9.98. The van der Waals surface area contributed by atoms with Gasteiger partial charge in [-0.15, -0.1) is 0 Å². The van der Waals surface area contributed by atoms with Crippen molar-refractivity contribution in [2.24, 2.45) is 0 Å². The van der Waals surface area contributed by atoms with Crippen LogP contribution in [0.3, 0.4) is 0 Å². The molecule has 0 bridgehead atoms. The molecule has 12 rings (SSSR count). The van der Waals surface area contributed by atoms with Gasteiger partial charge in [-0.2, -0.15) is 0 Å². The second kappa shape index (κ2) is 25.9. The third-order valence-electron chi connectivity index (χ3n) is 16.5. The Morgan fingerprint density at radius 2 is 0.819 bits per heavy atom. The number of aromatic nitrogens is 8. The van der Waals surface area contributed by atoms with Crippen LogP contribution >= 0.6 is 0 Å². The van der Waals surface area contributed by atoms with Crippen molar-refractivity contribution in [1.82, 2.24) is 38.2 Å². The highest BCUT2D eigenvalue weighted by Gasteiger charge is 2.27. The quantitative estimate of drug-likeness (QED) is 0.0547. The lowest BCUT2D eigenvalue weighted by Gasteiger charge is -2.26. The molecule has 430 valence electrons. The van der Waals surface area contributed by atoms with E-state index in [2.05, 4.69) is 169 Å². The number of aryl methyl sites for hydroxylation is 7. The Bertz CT molecular complexity index is 4130. The summed E-state index contributed by atoms with van der Waals surface area (Å²) in [5.74, 6) is 2.64. The third-order valence-corrected chi connectivity index (χ3v) is 16.5. The third kappa shape index (κ3) is 11.6. The number of carbonyl (C=O) groups excluding carboxylic acids is 1. The predicted molar refractivity (Wildman–Crippen MR) is 344 cm³/mol. The molecule has 0 aliphatic rings. The molecule has 12 aromatic rings. The molecule has 0 N–H and O–H groups in total. The summed E-state index contributed by atoms with van der Waals surface area (Å²) in [6.07, 6.45) is 22.4. The van der Waals surface area contributed by atoms with E-state index in [1.165, 1.54) is 151 Å². The molecule has 0 amide bonds. The summed E-state index contributed by atoms with van der Waals surface area (Å²) in [6, 6.07) is 34.8. The van der Waals surface area contributed by atoms with Crippen LogP contribution in [0.25, 0.3) is 87.2 Å². The first-order chi connectivity index (χ1) is 40.4. The molecule has 0 spiro atoms. The van der Waals surface area contributed by atoms with E-state index in [4.69, 9.17) is 29.0 Å². The zero-order valence-corrected chi connectivity index (χ0v) is 50.7. The average Bonchev–Trinajstić information content (AvgIpc) is 2.39. The minimum Gasteiger partial charge on any atom is -0.497 e. The van der Waals surface area contributed by atoms with Gasteiger partial charge < -0.3 is 37.3 Å². The Balaban J connectivity index is 0.000000182. The van der Waals surface area contributed by atoms with Crippen molar-refractivity contribution >= 4 is 93.5 Å². The summed E-state index contributed by atoms with van der Waals surface area (Å²) in [5.41, 5.74) is 15.1. The molecule has 1 atom stereocenters. The monoisotopic (exact) mass is 1110 g/mol. The molecular formula is C71H82N8O4. The highest BCUT2D eigenvalue weighted by molar-refractivity contribution is 6.12. The molecule has 12 heteroatoms. The van der Waals surface area contributed by atoms with E-state index in [1.54, 1.807) is 14.2 Å². The number of rotatable bonds is 20. The predicted octanol–water partition coefficient (Wildman–Crippen LogP) is 18.0. The van der Waals surface area contributed by atoms with Crippen molar-refractivity contribution in [3.8, 4) is 17.2 Å². The first-order valence-electron chi connectivity index (χ1n) is 30.1. The number of ether oxygens (including phenoxy) is 3. The SMILES string of the molecule is CC=O.CCCCCCCCCCCC(n1c2cc(C)ccc2c2ccnc(C)c21)n1c2cc(OC(C)C)ccc2c2ccnc(C)c21.COc1ccc2c3ccnc(C)c3n(CCCn3c4cc(OC)ccc4c4ccnc(C)c43)c2c1. The van der Waals surface area contributed by atoms with E-state index in [9.17, 15) is 0 Å².